The van der Waals surface area contributed by atoms with Crippen molar-refractivity contribution in [3.05, 3.63) is 94.4 Å². The van der Waals surface area contributed by atoms with Crippen LogP contribution in [0.15, 0.2) is 54.6 Å². The molecule has 1 unspecified atom stereocenters. The molecule has 5 rings (SSSR count). The first-order valence-electron chi connectivity index (χ1n) is 11.9. The summed E-state index contributed by atoms with van der Waals surface area (Å²) in [6.07, 6.45) is 0.649. The van der Waals surface area contributed by atoms with Crippen molar-refractivity contribution in [2.75, 3.05) is 13.1 Å². The number of hydrogen-bond acceptors (Lipinski definition) is 4. The predicted octanol–water partition coefficient (Wildman–Crippen LogP) is 5.61. The summed E-state index contributed by atoms with van der Waals surface area (Å²) < 4.78 is 51.5. The second-order valence-corrected chi connectivity index (χ2v) is 9.77. The molecule has 2 aromatic carbocycles. The average molecular weight is 496 g/mol. The maximum absolute atomic E-state index is 15.6. The van der Waals surface area contributed by atoms with Gasteiger partial charge in [-0.05, 0) is 44.0 Å². The first-order valence-corrected chi connectivity index (χ1v) is 11.9. The number of aromatic amines is 1. The fraction of sp³-hybridized carbons (Fsp3) is 0.321. The fourth-order valence-electron chi connectivity index (χ4n) is 5.03. The molecule has 1 aliphatic heterocycles. The van der Waals surface area contributed by atoms with Crippen LogP contribution in [0.4, 0.5) is 13.2 Å². The number of aliphatic hydroxyl groups is 1. The molecule has 1 atom stereocenters. The molecule has 0 amide bonds. The third-order valence-electron chi connectivity index (χ3n) is 6.45. The van der Waals surface area contributed by atoms with Gasteiger partial charge in [0.1, 0.15) is 29.7 Å². The van der Waals surface area contributed by atoms with Gasteiger partial charge in [-0.3, -0.25) is 9.88 Å². The third kappa shape index (κ3) is 4.83. The Bertz CT molecular complexity index is 1370. The maximum atomic E-state index is 15.6. The minimum Gasteiger partial charge on any atom is -0.487 e. The van der Waals surface area contributed by atoms with E-state index in [0.717, 1.165) is 28.6 Å². The number of benzene rings is 2. The number of hydrogen-bond donors (Lipinski definition) is 2. The Kier molecular flexibility index (Phi) is 6.49. The largest absolute Gasteiger partial charge is 0.487 e. The molecule has 0 aliphatic carbocycles. The van der Waals surface area contributed by atoms with Crippen molar-refractivity contribution in [2.24, 2.45) is 0 Å². The summed E-state index contributed by atoms with van der Waals surface area (Å²) in [4.78, 5) is 9.37. The molecule has 0 radical (unpaired) electrons. The monoisotopic (exact) mass is 495 g/mol. The number of fused-ring (bicyclic) bond motifs is 3. The van der Waals surface area contributed by atoms with E-state index in [4.69, 9.17) is 4.74 Å². The Hall–Kier alpha value is -3.36. The molecular weight excluding hydrogens is 467 g/mol. The van der Waals surface area contributed by atoms with Crippen molar-refractivity contribution in [3.63, 3.8) is 0 Å². The van der Waals surface area contributed by atoms with E-state index in [0.29, 0.717) is 30.0 Å². The molecular formula is C28H28F3N3O2. The highest BCUT2D eigenvalue weighted by molar-refractivity contribution is 5.85. The van der Waals surface area contributed by atoms with Crippen LogP contribution in [0.5, 0.6) is 5.75 Å². The normalized spacial score (nSPS) is 16.3. The molecule has 0 spiro atoms. The van der Waals surface area contributed by atoms with Crippen molar-refractivity contribution in [3.8, 4) is 5.75 Å². The zero-order valence-electron chi connectivity index (χ0n) is 20.2. The zero-order valence-corrected chi connectivity index (χ0v) is 20.2. The summed E-state index contributed by atoms with van der Waals surface area (Å²) in [5, 5.41) is 10.3. The predicted molar refractivity (Wildman–Crippen MR) is 131 cm³/mol. The highest BCUT2D eigenvalue weighted by Crippen LogP contribution is 2.41. The molecule has 4 aromatic rings. The second kappa shape index (κ2) is 9.59. The van der Waals surface area contributed by atoms with E-state index in [1.54, 1.807) is 23.1 Å². The summed E-state index contributed by atoms with van der Waals surface area (Å²) in [7, 11) is 0. The first-order chi connectivity index (χ1) is 17.2. The van der Waals surface area contributed by atoms with E-state index >= 15 is 8.78 Å². The number of ether oxygens (including phenoxy) is 1. The van der Waals surface area contributed by atoms with Gasteiger partial charge in [0.05, 0.1) is 24.0 Å². The lowest BCUT2D eigenvalue weighted by atomic mass is 9.90. The third-order valence-corrected chi connectivity index (χ3v) is 6.45. The molecule has 2 aromatic heterocycles. The van der Waals surface area contributed by atoms with Crippen LogP contribution in [0.2, 0.25) is 0 Å². The molecule has 36 heavy (non-hydrogen) atoms. The minimum absolute atomic E-state index is 0.0101. The van der Waals surface area contributed by atoms with Crippen LogP contribution in [-0.2, 0) is 19.6 Å². The van der Waals surface area contributed by atoms with Gasteiger partial charge in [-0.2, -0.15) is 0 Å². The number of para-hydroxylation sites is 1. The molecule has 0 saturated carbocycles. The molecule has 188 valence electrons. The van der Waals surface area contributed by atoms with Crippen LogP contribution >= 0.6 is 0 Å². The Morgan fingerprint density at radius 3 is 2.53 bits per heavy atom. The zero-order chi connectivity index (χ0) is 25.4. The van der Waals surface area contributed by atoms with Gasteiger partial charge in [0.15, 0.2) is 0 Å². The lowest BCUT2D eigenvalue weighted by Gasteiger charge is -2.38. The van der Waals surface area contributed by atoms with Crippen molar-refractivity contribution in [1.82, 2.24) is 14.9 Å². The van der Waals surface area contributed by atoms with Crippen LogP contribution < -0.4 is 4.74 Å². The summed E-state index contributed by atoms with van der Waals surface area (Å²) in [6.45, 7) is 3.20. The quantitative estimate of drug-likeness (QED) is 0.350. The number of H-pyrrole nitrogens is 1. The van der Waals surface area contributed by atoms with E-state index < -0.39 is 23.3 Å². The first kappa shape index (κ1) is 24.3. The summed E-state index contributed by atoms with van der Waals surface area (Å²) in [6, 6.07) is 14.4. The molecule has 0 fully saturated rings. The van der Waals surface area contributed by atoms with E-state index in [1.165, 1.54) is 13.8 Å². The summed E-state index contributed by atoms with van der Waals surface area (Å²) in [5.41, 5.74) is 1.88. The molecule has 0 saturated heterocycles. The summed E-state index contributed by atoms with van der Waals surface area (Å²) >= 11 is 0. The van der Waals surface area contributed by atoms with Gasteiger partial charge in [0.2, 0.25) is 0 Å². The van der Waals surface area contributed by atoms with Gasteiger partial charge in [-0.15, -0.1) is 0 Å². The van der Waals surface area contributed by atoms with Crippen LogP contribution in [0.1, 0.15) is 48.1 Å². The van der Waals surface area contributed by atoms with E-state index in [-0.39, 0.29) is 31.1 Å². The van der Waals surface area contributed by atoms with Crippen molar-refractivity contribution in [2.45, 2.75) is 45.2 Å². The number of rotatable bonds is 7. The SMILES string of the molecule is CC(C)(F)CN1CCc2c([nH]c3ccccc23)C1c1c(F)cc(OCc2cccc(CO)n2)cc1F. The maximum Gasteiger partial charge on any atom is 0.135 e. The van der Waals surface area contributed by atoms with Crippen molar-refractivity contribution < 1.29 is 23.0 Å². The van der Waals surface area contributed by atoms with Crippen LogP contribution in [0, 0.1) is 11.6 Å². The van der Waals surface area contributed by atoms with Gasteiger partial charge >= 0.3 is 0 Å². The number of nitrogens with zero attached hydrogens (tertiary/aromatic N) is 2. The van der Waals surface area contributed by atoms with Crippen LogP contribution in [0.25, 0.3) is 10.9 Å². The van der Waals surface area contributed by atoms with Gasteiger partial charge in [0, 0.05) is 47.4 Å². The fourth-order valence-corrected chi connectivity index (χ4v) is 5.03. The Balaban J connectivity index is 1.51. The highest BCUT2D eigenvalue weighted by atomic mass is 19.1. The average Bonchev–Trinajstić information content (AvgIpc) is 3.21. The van der Waals surface area contributed by atoms with Crippen molar-refractivity contribution >= 4 is 10.9 Å². The second-order valence-electron chi connectivity index (χ2n) is 9.77. The van der Waals surface area contributed by atoms with Gasteiger partial charge in [-0.25, -0.2) is 13.2 Å². The van der Waals surface area contributed by atoms with Crippen LogP contribution in [0.3, 0.4) is 0 Å². The molecule has 5 nitrogen and oxygen atoms in total. The van der Waals surface area contributed by atoms with Gasteiger partial charge in [-0.1, -0.05) is 24.3 Å². The molecule has 8 heteroatoms. The number of aliphatic hydroxyl groups excluding tert-OH is 1. The molecule has 3 heterocycles. The molecule has 2 N–H and O–H groups in total. The Labute approximate surface area is 207 Å². The van der Waals surface area contributed by atoms with Gasteiger partial charge < -0.3 is 14.8 Å². The number of nitrogens with one attached hydrogen (secondary N) is 1. The Morgan fingerprint density at radius 2 is 1.81 bits per heavy atom. The van der Waals surface area contributed by atoms with Gasteiger partial charge in [0.25, 0.3) is 0 Å². The minimum atomic E-state index is -1.55. The standard InChI is InChI=1S/C28H28F3N3O2/c1-28(2,31)16-34-11-10-21-20-8-3-4-9-24(20)33-26(21)27(34)25-22(29)12-19(13-23(25)30)36-15-18-7-5-6-17(14-35)32-18/h3-9,12-13,27,33,35H,10-11,14-16H2,1-2H3. The smallest absolute Gasteiger partial charge is 0.135 e. The molecule has 0 bridgehead atoms. The highest BCUT2D eigenvalue weighted by Gasteiger charge is 2.37. The lowest BCUT2D eigenvalue weighted by molar-refractivity contribution is 0.0962. The van der Waals surface area contributed by atoms with E-state index in [2.05, 4.69) is 9.97 Å². The topological polar surface area (TPSA) is 61.4 Å². The molecule has 1 aliphatic rings. The van der Waals surface area contributed by atoms with E-state index in [9.17, 15) is 9.50 Å². The summed E-state index contributed by atoms with van der Waals surface area (Å²) in [5.74, 6) is -1.50. The number of aromatic nitrogens is 2. The van der Waals surface area contributed by atoms with Crippen molar-refractivity contribution in [1.29, 1.82) is 0 Å². The lowest BCUT2D eigenvalue weighted by Crippen LogP contribution is -2.43. The van der Waals surface area contributed by atoms with E-state index in [1.807, 2.05) is 24.3 Å². The number of alkyl halides is 1. The number of halogens is 3. The Morgan fingerprint density at radius 1 is 1.08 bits per heavy atom. The number of pyridine rings is 1. The van der Waals surface area contributed by atoms with Crippen LogP contribution in [-0.4, -0.2) is 38.7 Å².